The monoisotopic (exact) mass is 272 g/mol. The van der Waals surface area contributed by atoms with E-state index in [4.69, 9.17) is 15.2 Å². The molecule has 0 aromatic rings. The summed E-state index contributed by atoms with van der Waals surface area (Å²) < 4.78 is 10.9. The van der Waals surface area contributed by atoms with Crippen LogP contribution in [0, 0.1) is 0 Å². The van der Waals surface area contributed by atoms with Gasteiger partial charge in [-0.2, -0.15) is 0 Å². The number of ether oxygens (including phenoxy) is 2. The Morgan fingerprint density at radius 3 is 2.47 bits per heavy atom. The first kappa shape index (κ1) is 16.4. The largest absolute Gasteiger partial charge is 0.378 e. The van der Waals surface area contributed by atoms with Crippen molar-refractivity contribution >= 4 is 5.91 Å². The van der Waals surface area contributed by atoms with Gasteiger partial charge in [0.25, 0.3) is 0 Å². The molecule has 3 N–H and O–H groups in total. The molecule has 0 aromatic heterocycles. The van der Waals surface area contributed by atoms with Crippen LogP contribution in [0.2, 0.25) is 0 Å². The molecule has 112 valence electrons. The fourth-order valence-corrected chi connectivity index (χ4v) is 2.28. The van der Waals surface area contributed by atoms with Gasteiger partial charge in [-0.1, -0.05) is 32.1 Å². The van der Waals surface area contributed by atoms with Crippen molar-refractivity contribution in [2.24, 2.45) is 5.73 Å². The third-order valence-corrected chi connectivity index (χ3v) is 3.33. The summed E-state index contributed by atoms with van der Waals surface area (Å²) in [6, 6.07) is 0. The first-order chi connectivity index (χ1) is 9.33. The van der Waals surface area contributed by atoms with E-state index < -0.39 is 0 Å². The Hall–Kier alpha value is -0.650. The van der Waals surface area contributed by atoms with Crippen molar-refractivity contribution in [3.8, 4) is 0 Å². The molecule has 1 fully saturated rings. The Labute approximate surface area is 116 Å². The summed E-state index contributed by atoms with van der Waals surface area (Å²) in [4.78, 5) is 11.6. The highest BCUT2D eigenvalue weighted by Gasteiger charge is 2.13. The van der Waals surface area contributed by atoms with E-state index in [0.29, 0.717) is 26.3 Å². The molecule has 0 atom stereocenters. The third kappa shape index (κ3) is 8.97. The number of rotatable bonds is 8. The van der Waals surface area contributed by atoms with Crippen LogP contribution in [-0.2, 0) is 14.3 Å². The fraction of sp³-hybridized carbons (Fsp3) is 0.929. The Balaban J connectivity index is 2.01. The zero-order chi connectivity index (χ0) is 13.8. The minimum atomic E-state index is -0.0570. The summed E-state index contributed by atoms with van der Waals surface area (Å²) in [7, 11) is 0. The third-order valence-electron chi connectivity index (χ3n) is 3.33. The lowest BCUT2D eigenvalue weighted by atomic mass is 9.99. The van der Waals surface area contributed by atoms with Crippen LogP contribution in [0.15, 0.2) is 0 Å². The molecule has 1 aliphatic rings. The molecule has 0 saturated heterocycles. The van der Waals surface area contributed by atoms with E-state index in [1.54, 1.807) is 0 Å². The van der Waals surface area contributed by atoms with Gasteiger partial charge in [-0.25, -0.2) is 0 Å². The Kier molecular flexibility index (Phi) is 9.67. The standard InChI is InChI=1S/C14H28N2O3/c15-8-10-18-11-9-16-14(17)12-19-13-6-4-2-1-3-5-7-13/h13H,1-12,15H2,(H,16,17). The van der Waals surface area contributed by atoms with Crippen LogP contribution >= 0.6 is 0 Å². The normalized spacial score (nSPS) is 17.7. The molecule has 0 aromatic carbocycles. The van der Waals surface area contributed by atoms with Gasteiger partial charge in [0, 0.05) is 13.1 Å². The minimum absolute atomic E-state index is 0.0570. The molecular weight excluding hydrogens is 244 g/mol. The van der Waals surface area contributed by atoms with E-state index in [1.165, 1.54) is 32.1 Å². The minimum Gasteiger partial charge on any atom is -0.378 e. The lowest BCUT2D eigenvalue weighted by Crippen LogP contribution is -2.32. The molecule has 5 nitrogen and oxygen atoms in total. The van der Waals surface area contributed by atoms with Gasteiger partial charge in [0.2, 0.25) is 5.91 Å². The van der Waals surface area contributed by atoms with E-state index in [2.05, 4.69) is 5.32 Å². The van der Waals surface area contributed by atoms with Crippen LogP contribution in [0.25, 0.3) is 0 Å². The number of hydrogen-bond donors (Lipinski definition) is 2. The summed E-state index contributed by atoms with van der Waals surface area (Å²) in [5.74, 6) is -0.0570. The molecule has 1 rings (SSSR count). The Bertz CT molecular complexity index is 229. The average molecular weight is 272 g/mol. The van der Waals surface area contributed by atoms with E-state index in [1.807, 2.05) is 0 Å². The number of carbonyl (C=O) groups excluding carboxylic acids is 1. The summed E-state index contributed by atoms with van der Waals surface area (Å²) >= 11 is 0. The molecule has 0 aliphatic heterocycles. The highest BCUT2D eigenvalue weighted by atomic mass is 16.5. The molecule has 1 aliphatic carbocycles. The van der Waals surface area contributed by atoms with Gasteiger partial charge in [-0.3, -0.25) is 4.79 Å². The van der Waals surface area contributed by atoms with Crippen molar-refractivity contribution in [1.29, 1.82) is 0 Å². The fourth-order valence-electron chi connectivity index (χ4n) is 2.28. The van der Waals surface area contributed by atoms with E-state index >= 15 is 0 Å². The highest BCUT2D eigenvalue weighted by Crippen LogP contribution is 2.19. The first-order valence-corrected chi connectivity index (χ1v) is 7.49. The van der Waals surface area contributed by atoms with Crippen molar-refractivity contribution in [2.75, 3.05) is 32.9 Å². The number of nitrogens with two attached hydrogens (primary N) is 1. The van der Waals surface area contributed by atoms with Crippen molar-refractivity contribution in [1.82, 2.24) is 5.32 Å². The summed E-state index contributed by atoms with van der Waals surface area (Å²) in [5.41, 5.74) is 5.29. The second-order valence-corrected chi connectivity index (χ2v) is 5.03. The maximum atomic E-state index is 11.6. The van der Waals surface area contributed by atoms with Crippen LogP contribution in [0.4, 0.5) is 0 Å². The molecule has 1 saturated carbocycles. The van der Waals surface area contributed by atoms with Crippen LogP contribution < -0.4 is 11.1 Å². The van der Waals surface area contributed by atoms with Crippen molar-refractivity contribution in [3.63, 3.8) is 0 Å². The van der Waals surface area contributed by atoms with Gasteiger partial charge in [-0.15, -0.1) is 0 Å². The van der Waals surface area contributed by atoms with E-state index in [-0.39, 0.29) is 18.6 Å². The van der Waals surface area contributed by atoms with Gasteiger partial charge in [0.05, 0.1) is 19.3 Å². The van der Waals surface area contributed by atoms with Crippen LogP contribution in [-0.4, -0.2) is 44.9 Å². The quantitative estimate of drug-likeness (QED) is 0.651. The van der Waals surface area contributed by atoms with Gasteiger partial charge < -0.3 is 20.5 Å². The second-order valence-electron chi connectivity index (χ2n) is 5.03. The lowest BCUT2D eigenvalue weighted by Gasteiger charge is -2.20. The zero-order valence-electron chi connectivity index (χ0n) is 11.9. The Morgan fingerprint density at radius 2 is 1.79 bits per heavy atom. The number of carbonyl (C=O) groups is 1. The van der Waals surface area contributed by atoms with Gasteiger partial charge in [-0.05, 0) is 12.8 Å². The maximum Gasteiger partial charge on any atom is 0.246 e. The van der Waals surface area contributed by atoms with Gasteiger partial charge in [0.1, 0.15) is 6.61 Å². The average Bonchev–Trinajstić information content (AvgIpc) is 2.37. The molecule has 5 heteroatoms. The lowest BCUT2D eigenvalue weighted by molar-refractivity contribution is -0.128. The van der Waals surface area contributed by atoms with Crippen molar-refractivity contribution < 1.29 is 14.3 Å². The van der Waals surface area contributed by atoms with Crippen LogP contribution in [0.1, 0.15) is 44.9 Å². The highest BCUT2D eigenvalue weighted by molar-refractivity contribution is 5.77. The van der Waals surface area contributed by atoms with Crippen molar-refractivity contribution in [2.45, 2.75) is 51.0 Å². The Morgan fingerprint density at radius 1 is 1.11 bits per heavy atom. The molecular formula is C14H28N2O3. The number of hydrogen-bond acceptors (Lipinski definition) is 4. The maximum absolute atomic E-state index is 11.6. The number of amides is 1. The van der Waals surface area contributed by atoms with Crippen molar-refractivity contribution in [3.05, 3.63) is 0 Å². The molecule has 0 heterocycles. The van der Waals surface area contributed by atoms with Crippen LogP contribution in [0.5, 0.6) is 0 Å². The van der Waals surface area contributed by atoms with E-state index in [0.717, 1.165) is 12.8 Å². The molecule has 0 unspecified atom stereocenters. The zero-order valence-corrected chi connectivity index (χ0v) is 11.9. The topological polar surface area (TPSA) is 73.6 Å². The molecule has 19 heavy (non-hydrogen) atoms. The predicted octanol–water partition coefficient (Wildman–Crippen LogP) is 1.21. The SMILES string of the molecule is NCCOCCNC(=O)COC1CCCCCCC1. The smallest absolute Gasteiger partial charge is 0.246 e. The summed E-state index contributed by atoms with van der Waals surface area (Å²) in [5, 5.41) is 2.78. The summed E-state index contributed by atoms with van der Waals surface area (Å²) in [6.07, 6.45) is 8.82. The molecule has 0 bridgehead atoms. The number of nitrogens with one attached hydrogen (secondary N) is 1. The second kappa shape index (κ2) is 11.2. The molecule has 0 spiro atoms. The van der Waals surface area contributed by atoms with Gasteiger partial charge >= 0.3 is 0 Å². The molecule has 0 radical (unpaired) electrons. The van der Waals surface area contributed by atoms with E-state index in [9.17, 15) is 4.79 Å². The first-order valence-electron chi connectivity index (χ1n) is 7.49. The molecule has 1 amide bonds. The summed E-state index contributed by atoms with van der Waals surface area (Å²) in [6.45, 7) is 2.24. The van der Waals surface area contributed by atoms with Crippen LogP contribution in [0.3, 0.4) is 0 Å². The van der Waals surface area contributed by atoms with Gasteiger partial charge in [0.15, 0.2) is 0 Å². The predicted molar refractivity (Wildman–Crippen MR) is 74.9 cm³/mol.